The minimum absolute atomic E-state index is 0.0700. The van der Waals surface area contributed by atoms with Crippen molar-refractivity contribution in [2.24, 2.45) is 0 Å². The Balaban J connectivity index is 2.07. The van der Waals surface area contributed by atoms with Crippen LogP contribution in [0.15, 0.2) is 60.8 Å². The van der Waals surface area contributed by atoms with Crippen LogP contribution in [0.4, 0.5) is 0 Å². The van der Waals surface area contributed by atoms with E-state index in [-0.39, 0.29) is 22.9 Å². The van der Waals surface area contributed by atoms with Crippen molar-refractivity contribution >= 4 is 5.97 Å². The van der Waals surface area contributed by atoms with E-state index in [1.165, 1.54) is 12.3 Å². The number of carboxylic acids is 1. The molecule has 3 rings (SSSR count). The largest absolute Gasteiger partial charge is 0.506 e. The maximum absolute atomic E-state index is 11.6. The first kappa shape index (κ1) is 13.7. The van der Waals surface area contributed by atoms with Crippen molar-refractivity contribution in [3.8, 4) is 22.9 Å². The summed E-state index contributed by atoms with van der Waals surface area (Å²) >= 11 is 0. The van der Waals surface area contributed by atoms with Gasteiger partial charge in [-0.2, -0.15) is 5.10 Å². The molecule has 110 valence electrons. The number of carbonyl (C=O) groups is 1. The van der Waals surface area contributed by atoms with Gasteiger partial charge in [-0.1, -0.05) is 30.3 Å². The van der Waals surface area contributed by atoms with Gasteiger partial charge in [-0.25, -0.2) is 9.48 Å². The van der Waals surface area contributed by atoms with Crippen molar-refractivity contribution in [1.82, 2.24) is 9.78 Å². The number of aromatic nitrogens is 2. The predicted octanol–water partition coefficient (Wildman–Crippen LogP) is 3.07. The van der Waals surface area contributed by atoms with E-state index in [4.69, 9.17) is 4.74 Å². The molecule has 1 aromatic heterocycles. The number of hydrogen-bond donors (Lipinski definition) is 2. The fraction of sp³-hybridized carbons (Fsp3) is 0. The number of nitrogens with zero attached hydrogens (tertiary/aromatic N) is 2. The van der Waals surface area contributed by atoms with E-state index in [1.54, 1.807) is 42.5 Å². The first-order chi connectivity index (χ1) is 10.7. The second-order valence-electron chi connectivity index (χ2n) is 4.48. The summed E-state index contributed by atoms with van der Waals surface area (Å²) in [5.74, 6) is -0.671. The topological polar surface area (TPSA) is 84.6 Å². The third kappa shape index (κ3) is 2.49. The Morgan fingerprint density at radius 2 is 1.73 bits per heavy atom. The molecule has 2 aromatic carbocycles. The van der Waals surface area contributed by atoms with E-state index in [0.29, 0.717) is 5.75 Å². The first-order valence-electron chi connectivity index (χ1n) is 6.49. The zero-order valence-electron chi connectivity index (χ0n) is 11.4. The van der Waals surface area contributed by atoms with Crippen molar-refractivity contribution in [2.75, 3.05) is 0 Å². The van der Waals surface area contributed by atoms with Gasteiger partial charge < -0.3 is 14.9 Å². The highest BCUT2D eigenvalue weighted by molar-refractivity contribution is 5.89. The normalized spacial score (nSPS) is 10.4. The molecule has 3 aromatic rings. The van der Waals surface area contributed by atoms with E-state index >= 15 is 0 Å². The molecule has 0 fully saturated rings. The Hall–Kier alpha value is -3.28. The minimum atomic E-state index is -1.20. The zero-order valence-corrected chi connectivity index (χ0v) is 11.4. The molecule has 0 saturated carbocycles. The fourth-order valence-electron chi connectivity index (χ4n) is 2.05. The van der Waals surface area contributed by atoms with Gasteiger partial charge in [0.25, 0.3) is 0 Å². The average Bonchev–Trinajstić information content (AvgIpc) is 2.92. The molecular formula is C16H12N2O4. The Labute approximate surface area is 125 Å². The van der Waals surface area contributed by atoms with Crippen LogP contribution in [0.2, 0.25) is 0 Å². The molecular weight excluding hydrogens is 284 g/mol. The Kier molecular flexibility index (Phi) is 3.49. The summed E-state index contributed by atoms with van der Waals surface area (Å²) in [6, 6.07) is 15.2. The molecule has 22 heavy (non-hydrogen) atoms. The molecule has 0 unspecified atom stereocenters. The van der Waals surface area contributed by atoms with Crippen molar-refractivity contribution in [2.45, 2.75) is 0 Å². The standard InChI is InChI=1S/C16H12N2O4/c19-13-9-5-4-8-12(13)18-15(16(20)21)14(10-17-18)22-11-6-2-1-3-7-11/h1-10,19H,(H,20,21). The van der Waals surface area contributed by atoms with Gasteiger partial charge >= 0.3 is 5.97 Å². The van der Waals surface area contributed by atoms with Gasteiger partial charge in [0.05, 0.1) is 6.20 Å². The lowest BCUT2D eigenvalue weighted by Gasteiger charge is -2.08. The molecule has 0 aliphatic rings. The van der Waals surface area contributed by atoms with Crippen LogP contribution in [0.25, 0.3) is 5.69 Å². The quantitative estimate of drug-likeness (QED) is 0.773. The van der Waals surface area contributed by atoms with Crippen LogP contribution in [0.5, 0.6) is 17.2 Å². The Bertz CT molecular complexity index is 812. The van der Waals surface area contributed by atoms with Gasteiger partial charge in [-0.3, -0.25) is 0 Å². The van der Waals surface area contributed by atoms with Gasteiger partial charge in [0.2, 0.25) is 0 Å². The van der Waals surface area contributed by atoms with Crippen LogP contribution in [-0.2, 0) is 0 Å². The van der Waals surface area contributed by atoms with Gasteiger partial charge in [-0.15, -0.1) is 0 Å². The summed E-state index contributed by atoms with van der Waals surface area (Å²) in [6.07, 6.45) is 1.31. The number of phenolic OH excluding ortho intramolecular Hbond substituents is 1. The highest BCUT2D eigenvalue weighted by atomic mass is 16.5. The smallest absolute Gasteiger partial charge is 0.358 e. The molecule has 1 heterocycles. The van der Waals surface area contributed by atoms with Crippen LogP contribution < -0.4 is 4.74 Å². The molecule has 2 N–H and O–H groups in total. The van der Waals surface area contributed by atoms with E-state index in [1.807, 2.05) is 6.07 Å². The second kappa shape index (κ2) is 5.61. The van der Waals surface area contributed by atoms with Crippen molar-refractivity contribution < 1.29 is 19.7 Å². The van der Waals surface area contributed by atoms with E-state index < -0.39 is 5.97 Å². The van der Waals surface area contributed by atoms with E-state index in [2.05, 4.69) is 5.10 Å². The zero-order chi connectivity index (χ0) is 15.5. The van der Waals surface area contributed by atoms with Crippen molar-refractivity contribution in [3.63, 3.8) is 0 Å². The van der Waals surface area contributed by atoms with Crippen LogP contribution in [0, 0.1) is 0 Å². The molecule has 0 radical (unpaired) electrons. The summed E-state index contributed by atoms with van der Waals surface area (Å²) in [5.41, 5.74) is 0.105. The summed E-state index contributed by atoms with van der Waals surface area (Å²) in [7, 11) is 0. The maximum atomic E-state index is 11.6. The molecule has 6 heteroatoms. The minimum Gasteiger partial charge on any atom is -0.506 e. The molecule has 0 aliphatic carbocycles. The molecule has 0 aliphatic heterocycles. The SMILES string of the molecule is O=C(O)c1c(Oc2ccccc2)cnn1-c1ccccc1O. The van der Waals surface area contributed by atoms with E-state index in [0.717, 1.165) is 4.68 Å². The number of phenols is 1. The van der Waals surface area contributed by atoms with Gasteiger partial charge in [0.1, 0.15) is 17.2 Å². The highest BCUT2D eigenvalue weighted by Gasteiger charge is 2.22. The van der Waals surface area contributed by atoms with Crippen LogP contribution >= 0.6 is 0 Å². The Morgan fingerprint density at radius 3 is 2.41 bits per heavy atom. The number of hydrogen-bond acceptors (Lipinski definition) is 4. The van der Waals surface area contributed by atoms with E-state index in [9.17, 15) is 15.0 Å². The van der Waals surface area contributed by atoms with Crippen molar-refractivity contribution in [1.29, 1.82) is 0 Å². The molecule has 0 saturated heterocycles. The average molecular weight is 296 g/mol. The number of rotatable bonds is 4. The predicted molar refractivity (Wildman–Crippen MR) is 78.7 cm³/mol. The number of benzene rings is 2. The molecule has 0 spiro atoms. The molecule has 6 nitrogen and oxygen atoms in total. The number of carboxylic acid groups (broad SMARTS) is 1. The first-order valence-corrected chi connectivity index (χ1v) is 6.49. The number of para-hydroxylation sites is 3. The number of aromatic hydroxyl groups is 1. The van der Waals surface area contributed by atoms with Gasteiger partial charge in [-0.05, 0) is 24.3 Å². The summed E-state index contributed by atoms with van der Waals surface area (Å²) in [4.78, 5) is 11.6. The number of ether oxygens (including phenoxy) is 1. The van der Waals surface area contributed by atoms with Crippen LogP contribution in [0.3, 0.4) is 0 Å². The van der Waals surface area contributed by atoms with Crippen LogP contribution in [0.1, 0.15) is 10.5 Å². The molecule has 0 bridgehead atoms. The van der Waals surface area contributed by atoms with Gasteiger partial charge in [0, 0.05) is 0 Å². The lowest BCUT2D eigenvalue weighted by Crippen LogP contribution is -2.09. The monoisotopic (exact) mass is 296 g/mol. The second-order valence-corrected chi connectivity index (χ2v) is 4.48. The highest BCUT2D eigenvalue weighted by Crippen LogP contribution is 2.29. The summed E-state index contributed by atoms with van der Waals surface area (Å²) < 4.78 is 6.70. The summed E-state index contributed by atoms with van der Waals surface area (Å²) in [5, 5.41) is 23.3. The van der Waals surface area contributed by atoms with Gasteiger partial charge in [0.15, 0.2) is 11.4 Å². The third-order valence-electron chi connectivity index (χ3n) is 3.02. The van der Waals surface area contributed by atoms with Crippen LogP contribution in [-0.4, -0.2) is 26.0 Å². The lowest BCUT2D eigenvalue weighted by atomic mass is 10.3. The number of aromatic carboxylic acids is 1. The van der Waals surface area contributed by atoms with Crippen molar-refractivity contribution in [3.05, 3.63) is 66.5 Å². The third-order valence-corrected chi connectivity index (χ3v) is 3.02. The molecule has 0 atom stereocenters. The molecule has 0 amide bonds. The fourth-order valence-corrected chi connectivity index (χ4v) is 2.05. The summed E-state index contributed by atoms with van der Waals surface area (Å²) in [6.45, 7) is 0. The maximum Gasteiger partial charge on any atom is 0.358 e. The Morgan fingerprint density at radius 1 is 1.05 bits per heavy atom. The lowest BCUT2D eigenvalue weighted by molar-refractivity contribution is 0.0684.